The molecule has 3 rings (SSSR count). The van der Waals surface area contributed by atoms with Gasteiger partial charge in [0.1, 0.15) is 6.04 Å². The number of methoxy groups -OCH3 is 2. The maximum atomic E-state index is 14.2. The first-order chi connectivity index (χ1) is 23.5. The van der Waals surface area contributed by atoms with Gasteiger partial charge in [0.2, 0.25) is 23.6 Å². The number of nitrogens with zero attached hydrogens (tertiary/aromatic N) is 2. The maximum absolute atomic E-state index is 14.2. The number of ether oxygens (including phenoxy) is 2. The van der Waals surface area contributed by atoms with Crippen LogP contribution in [-0.4, -0.2) is 108 Å². The first-order valence-corrected chi connectivity index (χ1v) is 18.3. The number of nitrogens with one attached hydrogen (secondary N) is 2. The number of nitrogens with two attached hydrogens (primary N) is 1. The summed E-state index contributed by atoms with van der Waals surface area (Å²) >= 11 is 0. The van der Waals surface area contributed by atoms with E-state index in [4.69, 9.17) is 15.2 Å². The second kappa shape index (κ2) is 18.4. The van der Waals surface area contributed by atoms with Crippen LogP contribution < -0.4 is 16.4 Å². The molecule has 0 spiro atoms. The Bertz CT molecular complexity index is 1270. The number of carbonyl (C=O) groups excluding carboxylic acids is 4. The van der Waals surface area contributed by atoms with Gasteiger partial charge in [-0.15, -0.1) is 0 Å². The molecule has 8 atom stereocenters. The molecule has 1 aliphatic heterocycles. The third-order valence-corrected chi connectivity index (χ3v) is 10.7. The lowest BCUT2D eigenvalue weighted by Crippen LogP contribution is -2.60. The molecule has 0 aromatic heterocycles. The van der Waals surface area contributed by atoms with E-state index in [-0.39, 0.29) is 48.1 Å². The molecular formula is C38H63N5O7. The number of benzene rings is 1. The smallest absolute Gasteiger partial charge is 0.245 e. The Morgan fingerprint density at radius 3 is 2.14 bits per heavy atom. The van der Waals surface area contributed by atoms with Crippen molar-refractivity contribution in [2.75, 3.05) is 27.8 Å². The van der Waals surface area contributed by atoms with Crippen LogP contribution in [0.2, 0.25) is 0 Å². The molecule has 1 aliphatic carbocycles. The summed E-state index contributed by atoms with van der Waals surface area (Å²) in [6.45, 7) is 11.0. The van der Waals surface area contributed by atoms with Crippen LogP contribution in [0.25, 0.3) is 0 Å². The highest BCUT2D eigenvalue weighted by molar-refractivity contribution is 5.91. The number of aliphatic hydroxyl groups excluding tert-OH is 1. The minimum absolute atomic E-state index is 0.0532. The van der Waals surface area contributed by atoms with Crippen molar-refractivity contribution in [2.45, 2.75) is 135 Å². The van der Waals surface area contributed by atoms with E-state index in [0.717, 1.165) is 32.1 Å². The van der Waals surface area contributed by atoms with E-state index in [1.54, 1.807) is 58.8 Å². The van der Waals surface area contributed by atoms with E-state index in [1.165, 1.54) is 0 Å². The summed E-state index contributed by atoms with van der Waals surface area (Å²) in [5.74, 6) is -1.69. The first-order valence-electron chi connectivity index (χ1n) is 18.3. The van der Waals surface area contributed by atoms with E-state index in [9.17, 15) is 24.3 Å². The zero-order valence-electron chi connectivity index (χ0n) is 31.7. The number of carbonyl (C=O) groups is 4. The van der Waals surface area contributed by atoms with Crippen molar-refractivity contribution >= 4 is 23.6 Å². The minimum atomic E-state index is -1.15. The normalized spacial score (nSPS) is 21.2. The zero-order chi connectivity index (χ0) is 37.3. The van der Waals surface area contributed by atoms with E-state index in [2.05, 4.69) is 10.6 Å². The minimum Gasteiger partial charge on any atom is -0.386 e. The summed E-state index contributed by atoms with van der Waals surface area (Å²) in [6.07, 6.45) is 3.35. The summed E-state index contributed by atoms with van der Waals surface area (Å²) in [5, 5.41) is 16.6. The highest BCUT2D eigenvalue weighted by Crippen LogP contribution is 2.35. The maximum Gasteiger partial charge on any atom is 0.245 e. The molecule has 2 aliphatic rings. The Balaban J connectivity index is 1.77. The van der Waals surface area contributed by atoms with Gasteiger partial charge in [-0.05, 0) is 63.9 Å². The second-order valence-corrected chi connectivity index (χ2v) is 15.3. The predicted molar refractivity (Wildman–Crippen MR) is 193 cm³/mol. The van der Waals surface area contributed by atoms with Gasteiger partial charge in [-0.2, -0.15) is 0 Å². The van der Waals surface area contributed by atoms with Crippen LogP contribution in [0, 0.1) is 17.8 Å². The summed E-state index contributed by atoms with van der Waals surface area (Å²) in [6, 6.07) is 7.15. The Morgan fingerprint density at radius 1 is 0.980 bits per heavy atom. The Hall–Kier alpha value is -3.06. The summed E-state index contributed by atoms with van der Waals surface area (Å²) < 4.78 is 12.0. The largest absolute Gasteiger partial charge is 0.386 e. The van der Waals surface area contributed by atoms with E-state index in [0.29, 0.717) is 18.5 Å². The van der Waals surface area contributed by atoms with Crippen molar-refractivity contribution in [1.29, 1.82) is 0 Å². The molecule has 1 saturated carbocycles. The fourth-order valence-electron chi connectivity index (χ4n) is 7.67. The number of likely N-dealkylation sites (N-methyl/N-ethyl adjacent to an activating group) is 1. The number of amides is 4. The molecule has 50 heavy (non-hydrogen) atoms. The van der Waals surface area contributed by atoms with Crippen LogP contribution in [0.15, 0.2) is 30.3 Å². The molecule has 5 N–H and O–H groups in total. The SMILES string of the molecule is CO[C@H]([C@@H](C)C(=O)N[C@H](C)[C@H](O)c1ccccc1)[C@@H]1CCCN1C(=O)C[C@H](OC)[C@H](C1CCCC1)N(C)C(=O)[C@@H](NC(=O)C(C)(C)N)C(C)C. The molecule has 12 heteroatoms. The average molecular weight is 702 g/mol. The van der Waals surface area contributed by atoms with Crippen LogP contribution in [0.5, 0.6) is 0 Å². The topological polar surface area (TPSA) is 164 Å². The third kappa shape index (κ3) is 10.3. The van der Waals surface area contributed by atoms with Crippen LogP contribution in [-0.2, 0) is 28.7 Å². The molecule has 1 aromatic carbocycles. The van der Waals surface area contributed by atoms with Gasteiger partial charge >= 0.3 is 0 Å². The quantitative estimate of drug-likeness (QED) is 0.193. The monoisotopic (exact) mass is 701 g/mol. The van der Waals surface area contributed by atoms with Crippen molar-refractivity contribution in [1.82, 2.24) is 20.4 Å². The molecule has 12 nitrogen and oxygen atoms in total. The molecule has 1 saturated heterocycles. The molecule has 1 heterocycles. The van der Waals surface area contributed by atoms with Gasteiger partial charge in [0.15, 0.2) is 0 Å². The van der Waals surface area contributed by atoms with Gasteiger partial charge < -0.3 is 40.7 Å². The van der Waals surface area contributed by atoms with Gasteiger partial charge in [-0.25, -0.2) is 0 Å². The van der Waals surface area contributed by atoms with Crippen LogP contribution in [0.1, 0.15) is 98.2 Å². The van der Waals surface area contributed by atoms with Gasteiger partial charge in [-0.1, -0.05) is 63.9 Å². The third-order valence-electron chi connectivity index (χ3n) is 10.7. The summed E-state index contributed by atoms with van der Waals surface area (Å²) in [5.41, 5.74) is 5.60. The fraction of sp³-hybridized carbons (Fsp3) is 0.737. The highest BCUT2D eigenvalue weighted by atomic mass is 16.5. The first kappa shape index (κ1) is 41.4. The van der Waals surface area contributed by atoms with Crippen molar-refractivity contribution < 1.29 is 33.8 Å². The van der Waals surface area contributed by atoms with Gasteiger partial charge in [0.25, 0.3) is 0 Å². The molecule has 2 fully saturated rings. The molecule has 0 unspecified atom stereocenters. The molecule has 282 valence electrons. The number of likely N-dealkylation sites (tertiary alicyclic amines) is 1. The number of hydrogen-bond acceptors (Lipinski definition) is 8. The average Bonchev–Trinajstić information content (AvgIpc) is 3.79. The highest BCUT2D eigenvalue weighted by Gasteiger charge is 2.44. The molecule has 1 aromatic rings. The van der Waals surface area contributed by atoms with E-state index in [1.807, 2.05) is 44.2 Å². The Morgan fingerprint density at radius 2 is 1.60 bits per heavy atom. The van der Waals surface area contributed by atoms with E-state index < -0.39 is 47.8 Å². The molecule has 0 radical (unpaired) electrons. The lowest BCUT2D eigenvalue weighted by atomic mass is 9.88. The van der Waals surface area contributed by atoms with Gasteiger partial charge in [-0.3, -0.25) is 19.2 Å². The standard InChI is InChI=1S/C38H63N5O7/c1-23(2)31(41-37(48)38(5,6)39)36(47)42(7)32(26-16-13-14-17-26)29(49-8)22-30(44)43-21-15-20-28(43)34(50-9)24(3)35(46)40-25(4)33(45)27-18-11-10-12-19-27/h10-12,18-19,23-26,28-29,31-34,45H,13-17,20-22,39H2,1-9H3,(H,40,46)(H,41,48)/t24-,25-,28+,29+,31+,32+,33+,34-/m1/s1. The van der Waals surface area contributed by atoms with Crippen LogP contribution in [0.4, 0.5) is 0 Å². The Kier molecular flexibility index (Phi) is 15.3. The number of hydrogen-bond donors (Lipinski definition) is 4. The molecule has 4 amide bonds. The van der Waals surface area contributed by atoms with Crippen molar-refractivity contribution in [3.63, 3.8) is 0 Å². The van der Waals surface area contributed by atoms with E-state index >= 15 is 0 Å². The van der Waals surface area contributed by atoms with Crippen molar-refractivity contribution in [3.8, 4) is 0 Å². The lowest BCUT2D eigenvalue weighted by molar-refractivity contribution is -0.148. The summed E-state index contributed by atoms with van der Waals surface area (Å²) in [7, 11) is 4.88. The summed E-state index contributed by atoms with van der Waals surface area (Å²) in [4.78, 5) is 58.0. The number of rotatable bonds is 17. The van der Waals surface area contributed by atoms with Gasteiger partial charge in [0.05, 0.1) is 54.3 Å². The number of aliphatic hydroxyl groups is 1. The lowest BCUT2D eigenvalue weighted by Gasteiger charge is -2.41. The van der Waals surface area contributed by atoms with Crippen LogP contribution >= 0.6 is 0 Å². The van der Waals surface area contributed by atoms with Gasteiger partial charge in [0, 0.05) is 27.8 Å². The molecular weight excluding hydrogens is 638 g/mol. The van der Waals surface area contributed by atoms with Crippen LogP contribution in [0.3, 0.4) is 0 Å². The fourth-order valence-corrected chi connectivity index (χ4v) is 7.67. The predicted octanol–water partition coefficient (Wildman–Crippen LogP) is 3.17. The van der Waals surface area contributed by atoms with Crippen molar-refractivity contribution in [2.24, 2.45) is 23.5 Å². The Labute approximate surface area is 299 Å². The molecule has 0 bridgehead atoms. The van der Waals surface area contributed by atoms with Crippen molar-refractivity contribution in [3.05, 3.63) is 35.9 Å². The second-order valence-electron chi connectivity index (χ2n) is 15.3. The zero-order valence-corrected chi connectivity index (χ0v) is 31.7.